The molecule has 0 aromatic carbocycles. The summed E-state index contributed by atoms with van der Waals surface area (Å²) >= 11 is 0. The zero-order valence-corrected chi connectivity index (χ0v) is 13.0. The highest BCUT2D eigenvalue weighted by Gasteiger charge is 2.55. The molecule has 2 saturated carbocycles. The number of fused-ring (bicyclic) bond motifs is 5. The van der Waals surface area contributed by atoms with E-state index >= 15 is 0 Å². The molecule has 0 aromatic rings. The minimum Gasteiger partial charge on any atom is -0.393 e. The zero-order valence-electron chi connectivity index (χ0n) is 13.0. The SMILES string of the molecule is C[C@]12C=CC(O)C=C1CC[C@@H]1C2=CC[C@]2(C)C(O)CC[C@@H]12. The third-order valence-electron chi connectivity index (χ3n) is 7.00. The molecule has 6 atom stereocenters. The lowest BCUT2D eigenvalue weighted by molar-refractivity contribution is 0.0153. The third kappa shape index (κ3) is 1.72. The Hall–Kier alpha value is -0.860. The maximum Gasteiger partial charge on any atom is 0.0906 e. The molecule has 4 rings (SSSR count). The summed E-state index contributed by atoms with van der Waals surface area (Å²) in [5, 5.41) is 20.3. The molecule has 2 N–H and O–H groups in total. The molecule has 21 heavy (non-hydrogen) atoms. The normalized spacial score (nSPS) is 51.6. The van der Waals surface area contributed by atoms with Crippen molar-refractivity contribution in [3.8, 4) is 0 Å². The first kappa shape index (κ1) is 13.8. The fourth-order valence-electron chi connectivity index (χ4n) is 5.61. The van der Waals surface area contributed by atoms with Gasteiger partial charge in [-0.25, -0.2) is 0 Å². The van der Waals surface area contributed by atoms with Gasteiger partial charge in [-0.3, -0.25) is 0 Å². The molecule has 2 unspecified atom stereocenters. The highest BCUT2D eigenvalue weighted by atomic mass is 16.3. The van der Waals surface area contributed by atoms with Gasteiger partial charge in [0, 0.05) is 10.8 Å². The Bertz CT molecular complexity index is 558. The van der Waals surface area contributed by atoms with Gasteiger partial charge in [-0.1, -0.05) is 42.4 Å². The van der Waals surface area contributed by atoms with Crippen LogP contribution in [0.3, 0.4) is 0 Å². The Morgan fingerprint density at radius 1 is 1.14 bits per heavy atom. The van der Waals surface area contributed by atoms with Gasteiger partial charge in [0.25, 0.3) is 0 Å². The maximum absolute atomic E-state index is 10.4. The van der Waals surface area contributed by atoms with Crippen LogP contribution < -0.4 is 0 Å². The van der Waals surface area contributed by atoms with Crippen LogP contribution in [0.2, 0.25) is 0 Å². The third-order valence-corrected chi connectivity index (χ3v) is 7.00. The highest BCUT2D eigenvalue weighted by molar-refractivity contribution is 5.44. The molecule has 0 aliphatic heterocycles. The zero-order chi connectivity index (χ0) is 14.8. The molecule has 0 bridgehead atoms. The number of rotatable bonds is 0. The molecule has 0 radical (unpaired) electrons. The monoisotopic (exact) mass is 286 g/mol. The highest BCUT2D eigenvalue weighted by Crippen LogP contribution is 2.62. The van der Waals surface area contributed by atoms with E-state index in [0.717, 1.165) is 19.3 Å². The van der Waals surface area contributed by atoms with Crippen LogP contribution >= 0.6 is 0 Å². The summed E-state index contributed by atoms with van der Waals surface area (Å²) in [6, 6.07) is 0. The summed E-state index contributed by atoms with van der Waals surface area (Å²) in [4.78, 5) is 0. The van der Waals surface area contributed by atoms with Crippen LogP contribution in [0.1, 0.15) is 46.0 Å². The topological polar surface area (TPSA) is 40.5 Å². The van der Waals surface area contributed by atoms with Gasteiger partial charge in [0.15, 0.2) is 0 Å². The van der Waals surface area contributed by atoms with Gasteiger partial charge in [0.1, 0.15) is 0 Å². The maximum atomic E-state index is 10.4. The van der Waals surface area contributed by atoms with E-state index in [9.17, 15) is 10.2 Å². The molecule has 0 heterocycles. The van der Waals surface area contributed by atoms with Crippen LogP contribution in [0.5, 0.6) is 0 Å². The van der Waals surface area contributed by atoms with Crippen LogP contribution in [0, 0.1) is 22.7 Å². The molecule has 2 heteroatoms. The van der Waals surface area contributed by atoms with E-state index in [4.69, 9.17) is 0 Å². The van der Waals surface area contributed by atoms with Crippen molar-refractivity contribution in [2.24, 2.45) is 22.7 Å². The van der Waals surface area contributed by atoms with E-state index in [1.54, 1.807) is 5.57 Å². The predicted molar refractivity (Wildman–Crippen MR) is 83.6 cm³/mol. The van der Waals surface area contributed by atoms with Crippen LogP contribution in [0.15, 0.2) is 35.5 Å². The summed E-state index contributed by atoms with van der Waals surface area (Å²) in [7, 11) is 0. The Morgan fingerprint density at radius 3 is 2.76 bits per heavy atom. The fourth-order valence-corrected chi connectivity index (χ4v) is 5.61. The Morgan fingerprint density at radius 2 is 1.95 bits per heavy atom. The molecule has 4 aliphatic rings. The van der Waals surface area contributed by atoms with Gasteiger partial charge in [-0.2, -0.15) is 0 Å². The van der Waals surface area contributed by atoms with Crippen molar-refractivity contribution in [3.05, 3.63) is 35.5 Å². The molecule has 2 fully saturated rings. The van der Waals surface area contributed by atoms with Crippen molar-refractivity contribution in [1.82, 2.24) is 0 Å². The summed E-state index contributed by atoms with van der Waals surface area (Å²) in [6.45, 7) is 4.60. The number of aliphatic hydroxyl groups is 2. The second kappa shape index (κ2) is 4.33. The number of hydrogen-bond acceptors (Lipinski definition) is 2. The van der Waals surface area contributed by atoms with Gasteiger partial charge in [0.05, 0.1) is 12.2 Å². The van der Waals surface area contributed by atoms with Crippen molar-refractivity contribution < 1.29 is 10.2 Å². The van der Waals surface area contributed by atoms with Crippen LogP contribution in [0.25, 0.3) is 0 Å². The predicted octanol–water partition coefficient (Wildman–Crippen LogP) is 3.37. The van der Waals surface area contributed by atoms with Crippen LogP contribution in [0.4, 0.5) is 0 Å². The van der Waals surface area contributed by atoms with E-state index < -0.39 is 6.10 Å². The van der Waals surface area contributed by atoms with Crippen molar-refractivity contribution in [2.45, 2.75) is 58.2 Å². The average Bonchev–Trinajstić information content (AvgIpc) is 2.76. The van der Waals surface area contributed by atoms with Gasteiger partial charge in [0.2, 0.25) is 0 Å². The van der Waals surface area contributed by atoms with E-state index in [1.165, 1.54) is 18.4 Å². The van der Waals surface area contributed by atoms with Gasteiger partial charge < -0.3 is 10.2 Å². The molecule has 0 spiro atoms. The standard InChI is InChI=1S/C19H26O2/c1-18-9-7-13(20)11-12(18)3-4-14-15-5-6-17(21)19(15,2)10-8-16(14)18/h7-9,11,13-15,17,20-21H,3-6,10H2,1-2H3/t13?,14-,15-,17?,18-,19-/m0/s1. The largest absolute Gasteiger partial charge is 0.393 e. The summed E-state index contributed by atoms with van der Waals surface area (Å²) in [5.41, 5.74) is 3.04. The Balaban J connectivity index is 1.77. The minimum absolute atomic E-state index is 0.0109. The lowest BCUT2D eigenvalue weighted by Crippen LogP contribution is -2.44. The molecular weight excluding hydrogens is 260 g/mol. The Labute approximate surface area is 127 Å². The van der Waals surface area contributed by atoms with E-state index in [2.05, 4.69) is 26.0 Å². The summed E-state index contributed by atoms with van der Waals surface area (Å²) < 4.78 is 0. The molecule has 114 valence electrons. The van der Waals surface area contributed by atoms with Crippen molar-refractivity contribution in [3.63, 3.8) is 0 Å². The lowest BCUT2D eigenvalue weighted by Gasteiger charge is -2.52. The Kier molecular flexibility index (Phi) is 2.84. The number of hydrogen-bond donors (Lipinski definition) is 2. The average molecular weight is 286 g/mol. The van der Waals surface area contributed by atoms with E-state index in [-0.39, 0.29) is 16.9 Å². The van der Waals surface area contributed by atoms with Gasteiger partial charge in [-0.05, 0) is 50.9 Å². The smallest absolute Gasteiger partial charge is 0.0906 e. The fraction of sp³-hybridized carbons (Fsp3) is 0.684. The van der Waals surface area contributed by atoms with Crippen LogP contribution in [-0.2, 0) is 0 Å². The van der Waals surface area contributed by atoms with E-state index in [0.29, 0.717) is 11.8 Å². The quantitative estimate of drug-likeness (QED) is 0.670. The summed E-state index contributed by atoms with van der Waals surface area (Å²) in [5.74, 6) is 1.24. The van der Waals surface area contributed by atoms with Crippen molar-refractivity contribution in [2.75, 3.05) is 0 Å². The number of aliphatic hydroxyl groups excluding tert-OH is 2. The number of allylic oxidation sites excluding steroid dienone is 4. The molecule has 0 saturated heterocycles. The molecule has 0 aromatic heterocycles. The van der Waals surface area contributed by atoms with Crippen LogP contribution in [-0.4, -0.2) is 22.4 Å². The first-order chi connectivity index (χ1) is 9.95. The van der Waals surface area contributed by atoms with Gasteiger partial charge in [-0.15, -0.1) is 0 Å². The lowest BCUT2D eigenvalue weighted by atomic mass is 9.53. The minimum atomic E-state index is -0.410. The summed E-state index contributed by atoms with van der Waals surface area (Å²) in [6.07, 6.45) is 13.5. The molecule has 0 amide bonds. The molecular formula is C19H26O2. The second-order valence-electron chi connectivity index (χ2n) is 7.96. The van der Waals surface area contributed by atoms with E-state index in [1.807, 2.05) is 12.2 Å². The first-order valence-electron chi connectivity index (χ1n) is 8.42. The molecule has 2 nitrogen and oxygen atoms in total. The van der Waals surface area contributed by atoms with Crippen molar-refractivity contribution in [1.29, 1.82) is 0 Å². The molecule has 4 aliphatic carbocycles. The van der Waals surface area contributed by atoms with Crippen molar-refractivity contribution >= 4 is 0 Å². The van der Waals surface area contributed by atoms with Gasteiger partial charge >= 0.3 is 0 Å². The first-order valence-corrected chi connectivity index (χ1v) is 8.42. The second-order valence-corrected chi connectivity index (χ2v) is 7.96.